The minimum absolute atomic E-state index is 0.417. The molecule has 2 rings (SSSR count). The third-order valence-corrected chi connectivity index (χ3v) is 3.54. The summed E-state index contributed by atoms with van der Waals surface area (Å²) in [5.41, 5.74) is 0. The molecule has 0 saturated heterocycles. The van der Waals surface area contributed by atoms with Crippen LogP contribution in [0.3, 0.4) is 0 Å². The summed E-state index contributed by atoms with van der Waals surface area (Å²) in [7, 11) is 0. The van der Waals surface area contributed by atoms with Crippen LogP contribution < -0.4 is 0 Å². The first kappa shape index (κ1) is 8.92. The lowest BCUT2D eigenvalue weighted by molar-refractivity contribution is -0.121. The van der Waals surface area contributed by atoms with E-state index < -0.39 is 0 Å². The largest absolute Gasteiger partial charge is 0.300 e. The van der Waals surface area contributed by atoms with E-state index in [0.29, 0.717) is 23.4 Å². The summed E-state index contributed by atoms with van der Waals surface area (Å²) >= 11 is 0. The van der Waals surface area contributed by atoms with Gasteiger partial charge in [0.25, 0.3) is 0 Å². The van der Waals surface area contributed by atoms with Gasteiger partial charge in [0.1, 0.15) is 11.6 Å². The Morgan fingerprint density at radius 2 is 1.31 bits per heavy atom. The standard InChI is InChI=1S/C11H16O2/c12-10-4-1-8(2-5-10)9-3-6-11(13)7-9/h8-9H,1-7H2. The summed E-state index contributed by atoms with van der Waals surface area (Å²) < 4.78 is 0. The maximum atomic E-state index is 11.1. The first-order valence-electron chi connectivity index (χ1n) is 5.29. The normalized spacial score (nSPS) is 31.2. The van der Waals surface area contributed by atoms with Crippen LogP contribution in [0.4, 0.5) is 0 Å². The second-order valence-corrected chi connectivity index (χ2v) is 4.42. The first-order chi connectivity index (χ1) is 6.25. The molecule has 0 bridgehead atoms. The van der Waals surface area contributed by atoms with Crippen LogP contribution in [0, 0.1) is 11.8 Å². The molecular formula is C11H16O2. The molecule has 72 valence electrons. The van der Waals surface area contributed by atoms with Crippen LogP contribution in [0.1, 0.15) is 44.9 Å². The molecule has 0 aromatic carbocycles. The summed E-state index contributed by atoms with van der Waals surface area (Å²) in [6, 6.07) is 0. The van der Waals surface area contributed by atoms with Gasteiger partial charge in [-0.1, -0.05) is 0 Å². The van der Waals surface area contributed by atoms with Gasteiger partial charge in [-0.2, -0.15) is 0 Å². The van der Waals surface area contributed by atoms with E-state index in [2.05, 4.69) is 0 Å². The van der Waals surface area contributed by atoms with E-state index in [-0.39, 0.29) is 0 Å². The lowest BCUT2D eigenvalue weighted by Gasteiger charge is -2.25. The van der Waals surface area contributed by atoms with Crippen molar-refractivity contribution in [2.24, 2.45) is 11.8 Å². The maximum absolute atomic E-state index is 11.1. The van der Waals surface area contributed by atoms with Crippen LogP contribution in [-0.2, 0) is 9.59 Å². The quantitative estimate of drug-likeness (QED) is 0.619. The molecule has 13 heavy (non-hydrogen) atoms. The van der Waals surface area contributed by atoms with Gasteiger partial charge in [0, 0.05) is 25.7 Å². The monoisotopic (exact) mass is 180 g/mol. The van der Waals surface area contributed by atoms with E-state index in [1.165, 1.54) is 0 Å². The average Bonchev–Trinajstić information content (AvgIpc) is 2.53. The van der Waals surface area contributed by atoms with Gasteiger partial charge in [0.2, 0.25) is 0 Å². The molecule has 2 aliphatic rings. The molecule has 1 atom stereocenters. The van der Waals surface area contributed by atoms with Crippen molar-refractivity contribution in [1.29, 1.82) is 0 Å². The highest BCUT2D eigenvalue weighted by Crippen LogP contribution is 2.36. The molecule has 0 amide bonds. The highest BCUT2D eigenvalue weighted by Gasteiger charge is 2.31. The highest BCUT2D eigenvalue weighted by atomic mass is 16.1. The second-order valence-electron chi connectivity index (χ2n) is 4.42. The highest BCUT2D eigenvalue weighted by molar-refractivity contribution is 5.81. The van der Waals surface area contributed by atoms with E-state index in [9.17, 15) is 9.59 Å². The van der Waals surface area contributed by atoms with Crippen LogP contribution in [0.5, 0.6) is 0 Å². The molecule has 2 aliphatic carbocycles. The lowest BCUT2D eigenvalue weighted by Crippen LogP contribution is -2.20. The minimum Gasteiger partial charge on any atom is -0.300 e. The van der Waals surface area contributed by atoms with Crippen molar-refractivity contribution in [3.05, 3.63) is 0 Å². The smallest absolute Gasteiger partial charge is 0.133 e. The Kier molecular flexibility index (Phi) is 2.47. The predicted molar refractivity (Wildman–Crippen MR) is 49.3 cm³/mol. The molecular weight excluding hydrogens is 164 g/mol. The molecule has 0 N–H and O–H groups in total. The van der Waals surface area contributed by atoms with Crippen molar-refractivity contribution in [2.45, 2.75) is 44.9 Å². The third-order valence-electron chi connectivity index (χ3n) is 3.54. The summed E-state index contributed by atoms with van der Waals surface area (Å²) in [4.78, 5) is 22.1. The topological polar surface area (TPSA) is 34.1 Å². The molecule has 0 heterocycles. The molecule has 1 unspecified atom stereocenters. The Bertz CT molecular complexity index is 222. The van der Waals surface area contributed by atoms with E-state index in [4.69, 9.17) is 0 Å². The molecule has 0 aromatic heterocycles. The second kappa shape index (κ2) is 3.60. The fourth-order valence-corrected chi connectivity index (χ4v) is 2.68. The molecule has 2 fully saturated rings. The lowest BCUT2D eigenvalue weighted by atomic mass is 9.79. The Balaban J connectivity index is 1.87. The van der Waals surface area contributed by atoms with Crippen LogP contribution in [0.2, 0.25) is 0 Å². The minimum atomic E-state index is 0.417. The molecule has 2 saturated carbocycles. The van der Waals surface area contributed by atoms with Crippen molar-refractivity contribution >= 4 is 11.6 Å². The van der Waals surface area contributed by atoms with E-state index in [1.54, 1.807) is 0 Å². The third kappa shape index (κ3) is 1.98. The number of ketones is 2. The fraction of sp³-hybridized carbons (Fsp3) is 0.818. The number of carbonyl (C=O) groups excluding carboxylic acids is 2. The van der Waals surface area contributed by atoms with Crippen molar-refractivity contribution in [2.75, 3.05) is 0 Å². The van der Waals surface area contributed by atoms with Crippen LogP contribution >= 0.6 is 0 Å². The molecule has 0 spiro atoms. The maximum Gasteiger partial charge on any atom is 0.133 e. The van der Waals surface area contributed by atoms with Gasteiger partial charge in [-0.15, -0.1) is 0 Å². The zero-order valence-corrected chi connectivity index (χ0v) is 7.92. The molecule has 0 radical (unpaired) electrons. The Morgan fingerprint density at radius 3 is 1.85 bits per heavy atom. The van der Waals surface area contributed by atoms with Gasteiger partial charge in [0.05, 0.1) is 0 Å². The number of hydrogen-bond donors (Lipinski definition) is 0. The zero-order valence-electron chi connectivity index (χ0n) is 7.92. The van der Waals surface area contributed by atoms with E-state index >= 15 is 0 Å². The Labute approximate surface area is 78.7 Å². The van der Waals surface area contributed by atoms with Gasteiger partial charge < -0.3 is 0 Å². The van der Waals surface area contributed by atoms with Crippen molar-refractivity contribution in [1.82, 2.24) is 0 Å². The molecule has 0 aromatic rings. The number of carbonyl (C=O) groups is 2. The Hall–Kier alpha value is -0.660. The van der Waals surface area contributed by atoms with Gasteiger partial charge in [-0.25, -0.2) is 0 Å². The summed E-state index contributed by atoms with van der Waals surface area (Å²) in [5.74, 6) is 2.13. The van der Waals surface area contributed by atoms with Crippen LogP contribution in [-0.4, -0.2) is 11.6 Å². The number of hydrogen-bond acceptors (Lipinski definition) is 2. The van der Waals surface area contributed by atoms with Gasteiger partial charge >= 0.3 is 0 Å². The molecule has 2 heteroatoms. The van der Waals surface area contributed by atoms with Crippen LogP contribution in [0.15, 0.2) is 0 Å². The number of rotatable bonds is 1. The van der Waals surface area contributed by atoms with Crippen molar-refractivity contribution < 1.29 is 9.59 Å². The summed E-state index contributed by atoms with van der Waals surface area (Å²) in [6.07, 6.45) is 6.25. The zero-order chi connectivity index (χ0) is 9.26. The first-order valence-corrected chi connectivity index (χ1v) is 5.29. The van der Waals surface area contributed by atoms with Crippen molar-refractivity contribution in [3.63, 3.8) is 0 Å². The van der Waals surface area contributed by atoms with Gasteiger partial charge in [-0.3, -0.25) is 9.59 Å². The van der Waals surface area contributed by atoms with Crippen molar-refractivity contribution in [3.8, 4) is 0 Å². The SMILES string of the molecule is O=C1CCC(C2CCC(=O)C2)CC1. The number of Topliss-reactive ketones (excluding diaryl/α,β-unsaturated/α-hetero) is 2. The molecule has 2 nitrogen and oxygen atoms in total. The fourth-order valence-electron chi connectivity index (χ4n) is 2.68. The van der Waals surface area contributed by atoms with E-state index in [1.807, 2.05) is 0 Å². The Morgan fingerprint density at radius 1 is 0.769 bits per heavy atom. The van der Waals surface area contributed by atoms with Gasteiger partial charge in [0.15, 0.2) is 0 Å². The average molecular weight is 180 g/mol. The van der Waals surface area contributed by atoms with Gasteiger partial charge in [-0.05, 0) is 31.1 Å². The van der Waals surface area contributed by atoms with E-state index in [0.717, 1.165) is 44.9 Å². The summed E-state index contributed by atoms with van der Waals surface area (Å²) in [6.45, 7) is 0. The van der Waals surface area contributed by atoms with Crippen LogP contribution in [0.25, 0.3) is 0 Å². The molecule has 0 aliphatic heterocycles. The predicted octanol–water partition coefficient (Wildman–Crippen LogP) is 2.11. The summed E-state index contributed by atoms with van der Waals surface area (Å²) in [5, 5.41) is 0.